The maximum absolute atomic E-state index is 13.5. The van der Waals surface area contributed by atoms with Crippen LogP contribution in [0.25, 0.3) is 0 Å². The molecule has 2 atom stereocenters. The molecular weight excluding hydrogens is 568 g/mol. The zero-order chi connectivity index (χ0) is 30.7. The lowest BCUT2D eigenvalue weighted by atomic mass is 10.1. The Hall–Kier alpha value is -4.67. The van der Waals surface area contributed by atoms with Crippen LogP contribution in [0.1, 0.15) is 21.5 Å². The Morgan fingerprint density at radius 3 is 1.91 bits per heavy atom. The maximum atomic E-state index is 13.5. The highest BCUT2D eigenvalue weighted by atomic mass is 32.2. The summed E-state index contributed by atoms with van der Waals surface area (Å²) in [5.41, 5.74) is 2.13. The first-order chi connectivity index (χ1) is 20.8. The molecule has 0 saturated heterocycles. The number of amides is 1. The Kier molecular flexibility index (Phi) is 10.9. The summed E-state index contributed by atoms with van der Waals surface area (Å²) in [5.74, 6) is -0.624. The molecule has 0 bridgehead atoms. The second kappa shape index (κ2) is 15.0. The van der Waals surface area contributed by atoms with Gasteiger partial charge in [-0.05, 0) is 48.2 Å². The van der Waals surface area contributed by atoms with E-state index < -0.39 is 28.1 Å². The second-order valence-electron chi connectivity index (χ2n) is 9.74. The van der Waals surface area contributed by atoms with E-state index in [0.717, 1.165) is 11.1 Å². The fourth-order valence-electron chi connectivity index (χ4n) is 4.46. The van der Waals surface area contributed by atoms with E-state index in [9.17, 15) is 18.0 Å². The van der Waals surface area contributed by atoms with Crippen molar-refractivity contribution < 1.29 is 32.2 Å². The molecule has 0 radical (unpaired) electrons. The van der Waals surface area contributed by atoms with Crippen molar-refractivity contribution in [2.75, 3.05) is 20.8 Å². The van der Waals surface area contributed by atoms with Crippen LogP contribution in [0, 0.1) is 0 Å². The minimum absolute atomic E-state index is 0.0388. The van der Waals surface area contributed by atoms with Crippen molar-refractivity contribution >= 4 is 21.9 Å². The van der Waals surface area contributed by atoms with Gasteiger partial charge >= 0.3 is 5.97 Å². The molecule has 0 aromatic heterocycles. The lowest BCUT2D eigenvalue weighted by Gasteiger charge is -2.22. The molecule has 0 aliphatic rings. The molecule has 4 aromatic carbocycles. The van der Waals surface area contributed by atoms with E-state index in [1.54, 1.807) is 48.5 Å². The van der Waals surface area contributed by atoms with Crippen LogP contribution in [0.3, 0.4) is 0 Å². The number of sulfonamides is 1. The molecule has 4 aromatic rings. The summed E-state index contributed by atoms with van der Waals surface area (Å²) in [7, 11) is -1.43. The largest absolute Gasteiger partial charge is 0.497 e. The number of carbonyl (C=O) groups excluding carboxylic acids is 2. The Labute approximate surface area is 251 Å². The number of carbonyl (C=O) groups is 2. The number of nitrogens with one attached hydrogen (secondary N) is 2. The molecule has 0 fully saturated rings. The van der Waals surface area contributed by atoms with Crippen LogP contribution in [-0.2, 0) is 32.4 Å². The van der Waals surface area contributed by atoms with Crippen LogP contribution >= 0.6 is 0 Å². The first-order valence-electron chi connectivity index (χ1n) is 13.6. The Balaban J connectivity index is 1.55. The quantitative estimate of drug-likeness (QED) is 0.208. The molecule has 0 saturated carbocycles. The first-order valence-corrected chi connectivity index (χ1v) is 15.1. The standard InChI is InChI=1S/C33H34N2O7S/c1-40-28-18-19-31(30(22-28)41-2)43(38,39)35-29(21-25-14-8-4-9-15-25)33(37)42-23-27(20-24-12-6-3-7-13-24)34-32(36)26-16-10-5-11-17-26/h3-19,22,27,29,35H,20-21,23H2,1-2H3,(H,34,36)/t27-,29-/m0/s1. The summed E-state index contributed by atoms with van der Waals surface area (Å²) >= 11 is 0. The predicted octanol–water partition coefficient (Wildman–Crippen LogP) is 4.18. The highest BCUT2D eigenvalue weighted by Gasteiger charge is 2.30. The van der Waals surface area contributed by atoms with Gasteiger partial charge in [-0.3, -0.25) is 9.59 Å². The summed E-state index contributed by atoms with van der Waals surface area (Å²) in [5, 5.41) is 2.94. The van der Waals surface area contributed by atoms with Gasteiger partial charge in [-0.25, -0.2) is 8.42 Å². The van der Waals surface area contributed by atoms with Gasteiger partial charge in [0.05, 0.1) is 20.3 Å². The fourth-order valence-corrected chi connectivity index (χ4v) is 5.80. The number of benzene rings is 4. The number of methoxy groups -OCH3 is 2. The van der Waals surface area contributed by atoms with E-state index in [0.29, 0.717) is 17.7 Å². The summed E-state index contributed by atoms with van der Waals surface area (Å²) in [6.07, 6.45) is 0.432. The summed E-state index contributed by atoms with van der Waals surface area (Å²) in [6.45, 7) is -0.175. The molecule has 0 heterocycles. The van der Waals surface area contributed by atoms with Crippen LogP contribution in [0.4, 0.5) is 0 Å². The number of hydrogen-bond donors (Lipinski definition) is 2. The van der Waals surface area contributed by atoms with Gasteiger partial charge < -0.3 is 19.5 Å². The van der Waals surface area contributed by atoms with Gasteiger partial charge in [-0.1, -0.05) is 78.9 Å². The van der Waals surface area contributed by atoms with Crippen LogP contribution in [-0.4, -0.2) is 53.2 Å². The molecular formula is C33H34N2O7S. The van der Waals surface area contributed by atoms with E-state index in [1.165, 1.54) is 32.4 Å². The van der Waals surface area contributed by atoms with Gasteiger partial charge in [0, 0.05) is 11.6 Å². The minimum atomic E-state index is -4.24. The molecule has 10 heteroatoms. The number of esters is 1. The van der Waals surface area contributed by atoms with Crippen molar-refractivity contribution in [3.63, 3.8) is 0 Å². The van der Waals surface area contributed by atoms with E-state index in [-0.39, 0.29) is 29.6 Å². The molecule has 0 spiro atoms. The topological polar surface area (TPSA) is 120 Å². The SMILES string of the molecule is COc1ccc(S(=O)(=O)N[C@@H](Cc2ccccc2)C(=O)OC[C@H](Cc2ccccc2)NC(=O)c2ccccc2)c(OC)c1. The molecule has 1 amide bonds. The molecule has 0 unspecified atom stereocenters. The van der Waals surface area contributed by atoms with E-state index >= 15 is 0 Å². The number of ether oxygens (including phenoxy) is 3. The highest BCUT2D eigenvalue weighted by Crippen LogP contribution is 2.28. The highest BCUT2D eigenvalue weighted by molar-refractivity contribution is 7.89. The Morgan fingerprint density at radius 1 is 0.744 bits per heavy atom. The minimum Gasteiger partial charge on any atom is -0.497 e. The zero-order valence-electron chi connectivity index (χ0n) is 23.9. The molecule has 43 heavy (non-hydrogen) atoms. The number of rotatable bonds is 14. The third-order valence-electron chi connectivity index (χ3n) is 6.65. The van der Waals surface area contributed by atoms with Crippen molar-refractivity contribution in [3.05, 3.63) is 126 Å². The summed E-state index contributed by atoms with van der Waals surface area (Å²) in [6, 6.07) is 29.7. The smallest absolute Gasteiger partial charge is 0.324 e. The zero-order valence-corrected chi connectivity index (χ0v) is 24.8. The van der Waals surface area contributed by atoms with Crippen molar-refractivity contribution in [2.24, 2.45) is 0 Å². The van der Waals surface area contributed by atoms with Crippen molar-refractivity contribution in [3.8, 4) is 11.5 Å². The van der Waals surface area contributed by atoms with Gasteiger partial charge in [0.2, 0.25) is 10.0 Å². The van der Waals surface area contributed by atoms with Crippen LogP contribution < -0.4 is 19.5 Å². The lowest BCUT2D eigenvalue weighted by molar-refractivity contribution is -0.146. The molecule has 0 aliphatic heterocycles. The van der Waals surface area contributed by atoms with Crippen molar-refractivity contribution in [1.82, 2.24) is 10.0 Å². The predicted molar refractivity (Wildman–Crippen MR) is 163 cm³/mol. The average Bonchev–Trinajstić information content (AvgIpc) is 3.04. The van der Waals surface area contributed by atoms with E-state index in [4.69, 9.17) is 14.2 Å². The third kappa shape index (κ3) is 8.91. The van der Waals surface area contributed by atoms with Gasteiger partial charge in [-0.2, -0.15) is 4.72 Å². The first kappa shape index (κ1) is 31.3. The third-order valence-corrected chi connectivity index (χ3v) is 8.16. The monoisotopic (exact) mass is 602 g/mol. The Morgan fingerprint density at radius 2 is 1.33 bits per heavy atom. The van der Waals surface area contributed by atoms with E-state index in [2.05, 4.69) is 10.0 Å². The Bertz CT molecular complexity index is 1600. The summed E-state index contributed by atoms with van der Waals surface area (Å²) < 4.78 is 45.7. The molecule has 4 rings (SSSR count). The van der Waals surface area contributed by atoms with Crippen molar-refractivity contribution in [1.29, 1.82) is 0 Å². The van der Waals surface area contributed by atoms with E-state index in [1.807, 2.05) is 42.5 Å². The molecule has 9 nitrogen and oxygen atoms in total. The van der Waals surface area contributed by atoms with Crippen LogP contribution in [0.15, 0.2) is 114 Å². The summed E-state index contributed by atoms with van der Waals surface area (Å²) in [4.78, 5) is 26.3. The normalized spacial score (nSPS) is 12.5. The van der Waals surface area contributed by atoms with Crippen LogP contribution in [0.5, 0.6) is 11.5 Å². The van der Waals surface area contributed by atoms with Gasteiger partial charge in [0.25, 0.3) is 5.91 Å². The van der Waals surface area contributed by atoms with Gasteiger partial charge in [0.1, 0.15) is 29.0 Å². The average molecular weight is 603 g/mol. The van der Waals surface area contributed by atoms with Crippen molar-refractivity contribution in [2.45, 2.75) is 29.8 Å². The molecule has 224 valence electrons. The van der Waals surface area contributed by atoms with Gasteiger partial charge in [0.15, 0.2) is 0 Å². The molecule has 0 aliphatic carbocycles. The lowest BCUT2D eigenvalue weighted by Crippen LogP contribution is -2.46. The fraction of sp³-hybridized carbons (Fsp3) is 0.212. The number of hydrogen-bond acceptors (Lipinski definition) is 7. The molecule has 2 N–H and O–H groups in total. The van der Waals surface area contributed by atoms with Gasteiger partial charge in [-0.15, -0.1) is 0 Å². The van der Waals surface area contributed by atoms with Crippen LogP contribution in [0.2, 0.25) is 0 Å². The second-order valence-corrected chi connectivity index (χ2v) is 11.4. The maximum Gasteiger partial charge on any atom is 0.324 e.